The fourth-order valence-corrected chi connectivity index (χ4v) is 1.29. The largest absolute Gasteiger partial charge is 0.381 e. The maximum Gasteiger partial charge on any atom is 0.0506 e. The van der Waals surface area contributed by atoms with Crippen molar-refractivity contribution in [2.24, 2.45) is 5.73 Å². The SMILES string of the molecule is NCCCCOCCc1ccccc1. The van der Waals surface area contributed by atoms with Gasteiger partial charge in [-0.15, -0.1) is 0 Å². The molecule has 0 atom stereocenters. The molecule has 0 heterocycles. The van der Waals surface area contributed by atoms with E-state index in [1.54, 1.807) is 0 Å². The third-order valence-electron chi connectivity index (χ3n) is 2.12. The quantitative estimate of drug-likeness (QED) is 0.672. The van der Waals surface area contributed by atoms with E-state index < -0.39 is 0 Å². The summed E-state index contributed by atoms with van der Waals surface area (Å²) in [6, 6.07) is 10.4. The minimum atomic E-state index is 0.766. The zero-order valence-corrected chi connectivity index (χ0v) is 8.61. The van der Waals surface area contributed by atoms with Crippen LogP contribution in [0.4, 0.5) is 0 Å². The summed E-state index contributed by atoms with van der Waals surface area (Å²) < 4.78 is 5.48. The molecule has 0 aliphatic rings. The first kappa shape index (κ1) is 11.2. The van der Waals surface area contributed by atoms with Crippen LogP contribution in [0.15, 0.2) is 30.3 Å². The highest BCUT2D eigenvalue weighted by molar-refractivity contribution is 5.14. The molecule has 0 aliphatic carbocycles. The number of hydrogen-bond acceptors (Lipinski definition) is 2. The average molecular weight is 193 g/mol. The second kappa shape index (κ2) is 7.54. The number of nitrogens with two attached hydrogens (primary N) is 1. The van der Waals surface area contributed by atoms with E-state index in [0.717, 1.165) is 39.0 Å². The lowest BCUT2D eigenvalue weighted by Gasteiger charge is -2.03. The summed E-state index contributed by atoms with van der Waals surface area (Å²) in [6.45, 7) is 2.42. The first-order chi connectivity index (χ1) is 6.93. The van der Waals surface area contributed by atoms with Crippen LogP contribution in [-0.4, -0.2) is 19.8 Å². The minimum absolute atomic E-state index is 0.766. The monoisotopic (exact) mass is 193 g/mol. The van der Waals surface area contributed by atoms with Gasteiger partial charge in [0.1, 0.15) is 0 Å². The molecule has 1 aromatic rings. The normalized spacial score (nSPS) is 10.4. The van der Waals surface area contributed by atoms with Crippen LogP contribution >= 0.6 is 0 Å². The van der Waals surface area contributed by atoms with E-state index in [1.165, 1.54) is 5.56 Å². The molecule has 0 amide bonds. The first-order valence-electron chi connectivity index (χ1n) is 5.25. The third-order valence-corrected chi connectivity index (χ3v) is 2.12. The van der Waals surface area contributed by atoms with Gasteiger partial charge in [-0.05, 0) is 31.4 Å². The van der Waals surface area contributed by atoms with Gasteiger partial charge in [-0.1, -0.05) is 30.3 Å². The van der Waals surface area contributed by atoms with E-state index in [9.17, 15) is 0 Å². The number of rotatable bonds is 7. The maximum absolute atomic E-state index is 5.48. The lowest BCUT2D eigenvalue weighted by molar-refractivity contribution is 0.134. The van der Waals surface area contributed by atoms with Crippen molar-refractivity contribution < 1.29 is 4.74 Å². The molecular formula is C12H19NO. The highest BCUT2D eigenvalue weighted by Crippen LogP contribution is 1.99. The van der Waals surface area contributed by atoms with Gasteiger partial charge in [0.25, 0.3) is 0 Å². The van der Waals surface area contributed by atoms with Gasteiger partial charge in [0.15, 0.2) is 0 Å². The minimum Gasteiger partial charge on any atom is -0.381 e. The van der Waals surface area contributed by atoms with Gasteiger partial charge in [-0.3, -0.25) is 0 Å². The predicted octanol–water partition coefficient (Wildman–Crippen LogP) is 1.98. The Morgan fingerprint density at radius 1 is 1.00 bits per heavy atom. The fraction of sp³-hybridized carbons (Fsp3) is 0.500. The lowest BCUT2D eigenvalue weighted by Crippen LogP contribution is -2.03. The summed E-state index contributed by atoms with van der Waals surface area (Å²) >= 11 is 0. The Labute approximate surface area is 86.1 Å². The molecule has 0 unspecified atom stereocenters. The van der Waals surface area contributed by atoms with Crippen molar-refractivity contribution in [1.29, 1.82) is 0 Å². The molecule has 0 aromatic heterocycles. The van der Waals surface area contributed by atoms with Gasteiger partial charge in [0.05, 0.1) is 6.61 Å². The molecule has 1 aromatic carbocycles. The molecule has 0 saturated heterocycles. The number of unbranched alkanes of at least 4 members (excludes halogenated alkanes) is 1. The van der Waals surface area contributed by atoms with Crippen molar-refractivity contribution in [2.75, 3.05) is 19.8 Å². The van der Waals surface area contributed by atoms with Gasteiger partial charge in [0.2, 0.25) is 0 Å². The van der Waals surface area contributed by atoms with E-state index in [4.69, 9.17) is 10.5 Å². The van der Waals surface area contributed by atoms with Crippen LogP contribution in [-0.2, 0) is 11.2 Å². The Morgan fingerprint density at radius 3 is 2.50 bits per heavy atom. The Balaban J connectivity index is 1.99. The van der Waals surface area contributed by atoms with Crippen LogP contribution in [0.25, 0.3) is 0 Å². The fourth-order valence-electron chi connectivity index (χ4n) is 1.29. The molecule has 0 aliphatic heterocycles. The molecule has 0 spiro atoms. The molecule has 78 valence electrons. The molecule has 2 nitrogen and oxygen atoms in total. The second-order valence-corrected chi connectivity index (χ2v) is 3.34. The first-order valence-corrected chi connectivity index (χ1v) is 5.25. The van der Waals surface area contributed by atoms with Crippen LogP contribution in [0.5, 0.6) is 0 Å². The van der Waals surface area contributed by atoms with Crippen molar-refractivity contribution >= 4 is 0 Å². The summed E-state index contributed by atoms with van der Waals surface area (Å²) in [5.74, 6) is 0. The Hall–Kier alpha value is -0.860. The van der Waals surface area contributed by atoms with Crippen LogP contribution in [0.1, 0.15) is 18.4 Å². The number of hydrogen-bond donors (Lipinski definition) is 1. The molecule has 1 rings (SSSR count). The molecule has 0 saturated carbocycles. The van der Waals surface area contributed by atoms with Gasteiger partial charge in [-0.2, -0.15) is 0 Å². The van der Waals surface area contributed by atoms with Crippen molar-refractivity contribution in [2.45, 2.75) is 19.3 Å². The topological polar surface area (TPSA) is 35.2 Å². The van der Waals surface area contributed by atoms with Crippen molar-refractivity contribution in [3.8, 4) is 0 Å². The highest BCUT2D eigenvalue weighted by atomic mass is 16.5. The zero-order valence-electron chi connectivity index (χ0n) is 8.61. The highest BCUT2D eigenvalue weighted by Gasteiger charge is 1.91. The van der Waals surface area contributed by atoms with Gasteiger partial charge in [0, 0.05) is 6.61 Å². The predicted molar refractivity (Wildman–Crippen MR) is 59.3 cm³/mol. The third kappa shape index (κ3) is 5.00. The zero-order chi connectivity index (χ0) is 10.1. The standard InChI is InChI=1S/C12H19NO/c13-9-4-5-10-14-11-8-12-6-2-1-3-7-12/h1-3,6-7H,4-5,8-11,13H2. The molecular weight excluding hydrogens is 174 g/mol. The second-order valence-electron chi connectivity index (χ2n) is 3.34. The van der Waals surface area contributed by atoms with E-state index >= 15 is 0 Å². The summed E-state index contributed by atoms with van der Waals surface area (Å²) in [5, 5.41) is 0. The summed E-state index contributed by atoms with van der Waals surface area (Å²) in [6.07, 6.45) is 3.14. The van der Waals surface area contributed by atoms with Gasteiger partial charge < -0.3 is 10.5 Å². The average Bonchev–Trinajstić information content (AvgIpc) is 2.25. The molecule has 0 radical (unpaired) electrons. The smallest absolute Gasteiger partial charge is 0.0506 e. The van der Waals surface area contributed by atoms with E-state index in [2.05, 4.69) is 24.3 Å². The summed E-state index contributed by atoms with van der Waals surface area (Å²) in [4.78, 5) is 0. The number of benzene rings is 1. The Morgan fingerprint density at radius 2 is 1.79 bits per heavy atom. The Bertz CT molecular complexity index is 223. The van der Waals surface area contributed by atoms with Crippen LogP contribution < -0.4 is 5.73 Å². The molecule has 0 bridgehead atoms. The van der Waals surface area contributed by atoms with Gasteiger partial charge >= 0.3 is 0 Å². The van der Waals surface area contributed by atoms with E-state index in [1.807, 2.05) is 6.07 Å². The maximum atomic E-state index is 5.48. The van der Waals surface area contributed by atoms with Gasteiger partial charge in [-0.25, -0.2) is 0 Å². The molecule has 0 fully saturated rings. The number of ether oxygens (including phenoxy) is 1. The van der Waals surface area contributed by atoms with E-state index in [0.29, 0.717) is 0 Å². The Kier molecular flexibility index (Phi) is 6.04. The summed E-state index contributed by atoms with van der Waals surface area (Å²) in [5.41, 5.74) is 6.72. The van der Waals surface area contributed by atoms with E-state index in [-0.39, 0.29) is 0 Å². The van der Waals surface area contributed by atoms with Crippen molar-refractivity contribution in [1.82, 2.24) is 0 Å². The van der Waals surface area contributed by atoms with Crippen LogP contribution in [0, 0.1) is 0 Å². The lowest BCUT2D eigenvalue weighted by atomic mass is 10.2. The molecule has 2 heteroatoms. The van der Waals surface area contributed by atoms with Crippen molar-refractivity contribution in [3.63, 3.8) is 0 Å². The molecule has 14 heavy (non-hydrogen) atoms. The molecule has 2 N–H and O–H groups in total. The summed E-state index contributed by atoms with van der Waals surface area (Å²) in [7, 11) is 0. The van der Waals surface area contributed by atoms with Crippen LogP contribution in [0.2, 0.25) is 0 Å². The van der Waals surface area contributed by atoms with Crippen LogP contribution in [0.3, 0.4) is 0 Å². The van der Waals surface area contributed by atoms with Crippen molar-refractivity contribution in [3.05, 3.63) is 35.9 Å².